The maximum atomic E-state index is 10.9. The van der Waals surface area contributed by atoms with Crippen molar-refractivity contribution in [1.82, 2.24) is 10.2 Å². The number of hydrogen-bond donors (Lipinski definition) is 1. The molecule has 2 aliphatic rings. The van der Waals surface area contributed by atoms with Crippen molar-refractivity contribution in [3.8, 4) is 0 Å². The maximum Gasteiger partial charge on any atom is 0.324 e. The molecule has 3 amide bonds. The van der Waals surface area contributed by atoms with E-state index in [9.17, 15) is 9.59 Å². The van der Waals surface area contributed by atoms with Gasteiger partial charge in [0.05, 0.1) is 0 Å². The number of carbonyl (C=O) groups excluding carboxylic acids is 2. The molecule has 0 radical (unpaired) electrons. The third-order valence-corrected chi connectivity index (χ3v) is 2.05. The van der Waals surface area contributed by atoms with Crippen molar-refractivity contribution < 1.29 is 9.59 Å². The molecule has 2 aliphatic heterocycles. The topological polar surface area (TPSA) is 49.4 Å². The molecule has 0 saturated carbocycles. The molecule has 0 aromatic rings. The van der Waals surface area contributed by atoms with E-state index in [0.717, 1.165) is 19.4 Å². The predicted octanol–water partition coefficient (Wildman–Crippen LogP) is -0.299. The Balaban J connectivity index is 2.27. The number of carbonyl (C=O) groups is 2. The van der Waals surface area contributed by atoms with Gasteiger partial charge in [-0.05, 0) is 12.8 Å². The summed E-state index contributed by atoms with van der Waals surface area (Å²) in [5, 5.41) is 2.27. The van der Waals surface area contributed by atoms with E-state index in [2.05, 4.69) is 5.32 Å². The molecule has 0 aliphatic carbocycles. The second-order valence-corrected chi connectivity index (χ2v) is 2.65. The van der Waals surface area contributed by atoms with Gasteiger partial charge in [0.25, 0.3) is 5.91 Å². The lowest BCUT2D eigenvalue weighted by molar-refractivity contribution is -0.120. The molecule has 0 aromatic carbocycles. The molecule has 4 heteroatoms. The monoisotopic (exact) mass is 140 g/mol. The van der Waals surface area contributed by atoms with Crippen molar-refractivity contribution in [3.05, 3.63) is 0 Å². The van der Waals surface area contributed by atoms with Crippen LogP contribution >= 0.6 is 0 Å². The van der Waals surface area contributed by atoms with Crippen LogP contribution in [0.25, 0.3) is 0 Å². The van der Waals surface area contributed by atoms with Gasteiger partial charge in [-0.15, -0.1) is 0 Å². The van der Waals surface area contributed by atoms with E-state index in [1.807, 2.05) is 0 Å². The summed E-state index contributed by atoms with van der Waals surface area (Å²) in [6.45, 7) is 0.738. The van der Waals surface area contributed by atoms with Crippen LogP contribution in [-0.4, -0.2) is 29.4 Å². The first-order valence-electron chi connectivity index (χ1n) is 3.40. The first-order chi connectivity index (χ1) is 4.79. The van der Waals surface area contributed by atoms with E-state index in [1.165, 1.54) is 0 Å². The van der Waals surface area contributed by atoms with Crippen LogP contribution in [0.15, 0.2) is 0 Å². The second kappa shape index (κ2) is 1.71. The zero-order chi connectivity index (χ0) is 7.14. The summed E-state index contributed by atoms with van der Waals surface area (Å²) in [7, 11) is 0. The second-order valence-electron chi connectivity index (χ2n) is 2.65. The molecule has 54 valence electrons. The molecule has 2 saturated heterocycles. The molecule has 0 unspecified atom stereocenters. The van der Waals surface area contributed by atoms with Crippen LogP contribution in [0.1, 0.15) is 12.8 Å². The minimum absolute atomic E-state index is 0.123. The number of amides is 3. The number of nitrogens with zero attached hydrogens (tertiary/aromatic N) is 1. The van der Waals surface area contributed by atoms with Gasteiger partial charge in [-0.3, -0.25) is 10.1 Å². The first-order valence-corrected chi connectivity index (χ1v) is 3.40. The Labute approximate surface area is 58.2 Å². The fourth-order valence-corrected chi connectivity index (χ4v) is 1.54. The highest BCUT2D eigenvalue weighted by Gasteiger charge is 2.40. The predicted molar refractivity (Wildman–Crippen MR) is 33.3 cm³/mol. The highest BCUT2D eigenvalue weighted by molar-refractivity contribution is 6.04. The SMILES string of the molecule is O=C1NC(=O)N2CCC[C@H]12. The molecule has 1 atom stereocenters. The van der Waals surface area contributed by atoms with E-state index in [1.54, 1.807) is 4.90 Å². The van der Waals surface area contributed by atoms with Gasteiger partial charge in [0.2, 0.25) is 0 Å². The van der Waals surface area contributed by atoms with Gasteiger partial charge in [0, 0.05) is 6.54 Å². The van der Waals surface area contributed by atoms with Gasteiger partial charge in [-0.1, -0.05) is 0 Å². The first kappa shape index (κ1) is 5.70. The molecule has 0 bridgehead atoms. The molecule has 2 fully saturated rings. The summed E-state index contributed by atoms with van der Waals surface area (Å²) in [6, 6.07) is -0.361. The van der Waals surface area contributed by atoms with Crippen molar-refractivity contribution in [2.75, 3.05) is 6.54 Å². The van der Waals surface area contributed by atoms with Gasteiger partial charge >= 0.3 is 6.03 Å². The Bertz CT molecular complexity index is 182. The van der Waals surface area contributed by atoms with E-state index in [-0.39, 0.29) is 18.0 Å². The highest BCUT2D eigenvalue weighted by Crippen LogP contribution is 2.20. The van der Waals surface area contributed by atoms with Crippen molar-refractivity contribution >= 4 is 11.9 Å². The van der Waals surface area contributed by atoms with Crippen LogP contribution < -0.4 is 5.32 Å². The zero-order valence-corrected chi connectivity index (χ0v) is 5.46. The van der Waals surface area contributed by atoms with Gasteiger partial charge in [-0.25, -0.2) is 4.79 Å². The fourth-order valence-electron chi connectivity index (χ4n) is 1.54. The van der Waals surface area contributed by atoms with E-state index >= 15 is 0 Å². The van der Waals surface area contributed by atoms with Crippen molar-refractivity contribution in [2.24, 2.45) is 0 Å². The van der Waals surface area contributed by atoms with Crippen LogP contribution in [0, 0.1) is 0 Å². The molecular formula is C6H8N2O2. The number of urea groups is 1. The summed E-state index contributed by atoms with van der Waals surface area (Å²) in [6.07, 6.45) is 1.79. The Hall–Kier alpha value is -1.06. The lowest BCUT2D eigenvalue weighted by Crippen LogP contribution is -2.28. The van der Waals surface area contributed by atoms with Gasteiger partial charge in [-0.2, -0.15) is 0 Å². The Morgan fingerprint density at radius 2 is 2.30 bits per heavy atom. The van der Waals surface area contributed by atoms with Gasteiger partial charge in [0.15, 0.2) is 0 Å². The summed E-state index contributed by atoms with van der Waals surface area (Å²) in [5.74, 6) is -0.123. The van der Waals surface area contributed by atoms with Crippen LogP contribution in [0.3, 0.4) is 0 Å². The number of fused-ring (bicyclic) bond motifs is 1. The third kappa shape index (κ3) is 0.558. The summed E-state index contributed by atoms with van der Waals surface area (Å²) >= 11 is 0. The smallest absolute Gasteiger partial charge is 0.312 e. The number of rotatable bonds is 0. The van der Waals surface area contributed by atoms with Crippen LogP contribution in [0.5, 0.6) is 0 Å². The van der Waals surface area contributed by atoms with Gasteiger partial charge < -0.3 is 4.90 Å². The molecule has 1 N–H and O–H groups in total. The normalized spacial score (nSPS) is 30.8. The molecule has 0 aromatic heterocycles. The number of imide groups is 1. The van der Waals surface area contributed by atoms with E-state index < -0.39 is 0 Å². The molecule has 0 spiro atoms. The quantitative estimate of drug-likeness (QED) is 0.470. The summed E-state index contributed by atoms with van der Waals surface area (Å²) < 4.78 is 0. The fraction of sp³-hybridized carbons (Fsp3) is 0.667. The minimum atomic E-state index is -0.215. The molecular weight excluding hydrogens is 132 g/mol. The van der Waals surface area contributed by atoms with Crippen molar-refractivity contribution in [3.63, 3.8) is 0 Å². The number of hydrogen-bond acceptors (Lipinski definition) is 2. The van der Waals surface area contributed by atoms with Crippen LogP contribution in [0.4, 0.5) is 4.79 Å². The molecule has 10 heavy (non-hydrogen) atoms. The highest BCUT2D eigenvalue weighted by atomic mass is 16.2. The third-order valence-electron chi connectivity index (χ3n) is 2.05. The van der Waals surface area contributed by atoms with Gasteiger partial charge in [0.1, 0.15) is 6.04 Å². The average molecular weight is 140 g/mol. The summed E-state index contributed by atoms with van der Waals surface area (Å²) in [5.41, 5.74) is 0. The lowest BCUT2D eigenvalue weighted by Gasteiger charge is -2.09. The molecule has 2 heterocycles. The lowest BCUT2D eigenvalue weighted by atomic mass is 10.2. The van der Waals surface area contributed by atoms with Crippen molar-refractivity contribution in [2.45, 2.75) is 18.9 Å². The minimum Gasteiger partial charge on any atom is -0.312 e. The standard InChI is InChI=1S/C6H8N2O2/c9-5-4-2-1-3-8(4)6(10)7-5/h4H,1-3H2,(H,7,9,10)/t4-/m1/s1. The Morgan fingerprint density at radius 1 is 1.50 bits per heavy atom. The Kier molecular flexibility index (Phi) is 0.977. The number of nitrogens with one attached hydrogen (secondary N) is 1. The Morgan fingerprint density at radius 3 is 3.00 bits per heavy atom. The van der Waals surface area contributed by atoms with Crippen LogP contribution in [-0.2, 0) is 4.79 Å². The summed E-state index contributed by atoms with van der Waals surface area (Å²) in [4.78, 5) is 23.4. The largest absolute Gasteiger partial charge is 0.324 e. The molecule has 4 nitrogen and oxygen atoms in total. The van der Waals surface area contributed by atoms with E-state index in [4.69, 9.17) is 0 Å². The average Bonchev–Trinajstić information content (AvgIpc) is 2.39. The molecule has 2 rings (SSSR count). The van der Waals surface area contributed by atoms with Crippen LogP contribution in [0.2, 0.25) is 0 Å². The van der Waals surface area contributed by atoms with E-state index in [0.29, 0.717) is 0 Å². The maximum absolute atomic E-state index is 10.9. The van der Waals surface area contributed by atoms with Crippen molar-refractivity contribution in [1.29, 1.82) is 0 Å². The zero-order valence-electron chi connectivity index (χ0n) is 5.46.